The molecule has 0 aromatic rings. The summed E-state index contributed by atoms with van der Waals surface area (Å²) in [6.07, 6.45) is 6.96. The minimum atomic E-state index is -0.175. The van der Waals surface area contributed by atoms with Gasteiger partial charge in [-0.15, -0.1) is 0 Å². The Kier molecular flexibility index (Phi) is 3.81. The van der Waals surface area contributed by atoms with Crippen molar-refractivity contribution in [1.82, 2.24) is 4.90 Å². The summed E-state index contributed by atoms with van der Waals surface area (Å²) in [5.74, 6) is 1.67. The first-order valence-electron chi connectivity index (χ1n) is 7.85. The molecule has 0 aromatic carbocycles. The van der Waals surface area contributed by atoms with E-state index in [1.807, 2.05) is 4.90 Å². The van der Waals surface area contributed by atoms with Crippen LogP contribution in [0.1, 0.15) is 44.9 Å². The molecule has 3 rings (SSSR count). The summed E-state index contributed by atoms with van der Waals surface area (Å²) in [7, 11) is 0. The van der Waals surface area contributed by atoms with Gasteiger partial charge in [0.1, 0.15) is 0 Å². The highest BCUT2D eigenvalue weighted by Crippen LogP contribution is 2.38. The molecule has 2 aliphatic carbocycles. The SMILES string of the molecule is NC1CCCC(CC(=O)N2CC3CCC(O)C3C2)C1. The standard InChI is InChI=1S/C15H26N2O2/c16-12-3-1-2-10(6-12)7-15(19)17-8-11-4-5-14(18)13(11)9-17/h10-14,18H,1-9,16H2. The van der Waals surface area contributed by atoms with Crippen LogP contribution in [-0.4, -0.2) is 41.1 Å². The minimum Gasteiger partial charge on any atom is -0.393 e. The van der Waals surface area contributed by atoms with Crippen LogP contribution in [0, 0.1) is 17.8 Å². The van der Waals surface area contributed by atoms with Crippen LogP contribution in [0.25, 0.3) is 0 Å². The van der Waals surface area contributed by atoms with Crippen molar-refractivity contribution >= 4 is 5.91 Å². The number of hydrogen-bond donors (Lipinski definition) is 2. The molecule has 19 heavy (non-hydrogen) atoms. The molecule has 4 nitrogen and oxygen atoms in total. The van der Waals surface area contributed by atoms with E-state index in [1.165, 1.54) is 6.42 Å². The van der Waals surface area contributed by atoms with Crippen LogP contribution in [0.2, 0.25) is 0 Å². The van der Waals surface area contributed by atoms with Crippen LogP contribution in [0.4, 0.5) is 0 Å². The summed E-state index contributed by atoms with van der Waals surface area (Å²) < 4.78 is 0. The average Bonchev–Trinajstić information content (AvgIpc) is 2.92. The molecule has 3 fully saturated rings. The van der Waals surface area contributed by atoms with Gasteiger partial charge in [-0.2, -0.15) is 0 Å². The maximum atomic E-state index is 12.4. The monoisotopic (exact) mass is 266 g/mol. The number of fused-ring (bicyclic) bond motifs is 1. The zero-order chi connectivity index (χ0) is 13.4. The predicted octanol–water partition coefficient (Wildman–Crippen LogP) is 1.12. The highest BCUT2D eigenvalue weighted by Gasteiger charge is 2.43. The van der Waals surface area contributed by atoms with Crippen molar-refractivity contribution in [2.24, 2.45) is 23.5 Å². The second-order valence-corrected chi connectivity index (χ2v) is 6.86. The van der Waals surface area contributed by atoms with Gasteiger partial charge in [0.05, 0.1) is 6.10 Å². The minimum absolute atomic E-state index is 0.175. The van der Waals surface area contributed by atoms with Crippen molar-refractivity contribution in [2.45, 2.75) is 57.1 Å². The number of amides is 1. The molecule has 0 spiro atoms. The third kappa shape index (κ3) is 2.79. The lowest BCUT2D eigenvalue weighted by molar-refractivity contribution is -0.131. The molecule has 1 heterocycles. The number of likely N-dealkylation sites (tertiary alicyclic amines) is 1. The van der Waals surface area contributed by atoms with E-state index < -0.39 is 0 Å². The van der Waals surface area contributed by atoms with Crippen LogP contribution < -0.4 is 5.73 Å². The smallest absolute Gasteiger partial charge is 0.222 e. The second kappa shape index (κ2) is 5.41. The molecule has 0 radical (unpaired) electrons. The number of aliphatic hydroxyl groups is 1. The number of nitrogens with zero attached hydrogens (tertiary/aromatic N) is 1. The van der Waals surface area contributed by atoms with E-state index in [-0.39, 0.29) is 6.10 Å². The lowest BCUT2D eigenvalue weighted by Crippen LogP contribution is -2.35. The Morgan fingerprint density at radius 3 is 2.79 bits per heavy atom. The molecular weight excluding hydrogens is 240 g/mol. The molecule has 0 aromatic heterocycles. The van der Waals surface area contributed by atoms with Gasteiger partial charge in [0.15, 0.2) is 0 Å². The third-order valence-corrected chi connectivity index (χ3v) is 5.46. The first-order chi connectivity index (χ1) is 9.13. The topological polar surface area (TPSA) is 66.6 Å². The summed E-state index contributed by atoms with van der Waals surface area (Å²) in [4.78, 5) is 14.4. The van der Waals surface area contributed by atoms with E-state index in [0.717, 1.165) is 45.2 Å². The van der Waals surface area contributed by atoms with Gasteiger partial charge in [-0.3, -0.25) is 4.79 Å². The Morgan fingerprint density at radius 1 is 1.21 bits per heavy atom. The number of carbonyl (C=O) groups excluding carboxylic acids is 1. The van der Waals surface area contributed by atoms with Gasteiger partial charge >= 0.3 is 0 Å². The van der Waals surface area contributed by atoms with Gasteiger partial charge in [0.25, 0.3) is 0 Å². The summed E-state index contributed by atoms with van der Waals surface area (Å²) >= 11 is 0. The Balaban J connectivity index is 1.51. The van der Waals surface area contributed by atoms with Crippen molar-refractivity contribution in [1.29, 1.82) is 0 Å². The van der Waals surface area contributed by atoms with Crippen molar-refractivity contribution in [3.63, 3.8) is 0 Å². The molecule has 2 saturated carbocycles. The van der Waals surface area contributed by atoms with E-state index in [0.29, 0.717) is 36.1 Å². The van der Waals surface area contributed by atoms with Crippen molar-refractivity contribution in [3.05, 3.63) is 0 Å². The van der Waals surface area contributed by atoms with E-state index in [2.05, 4.69) is 0 Å². The van der Waals surface area contributed by atoms with E-state index >= 15 is 0 Å². The van der Waals surface area contributed by atoms with Gasteiger partial charge < -0.3 is 15.7 Å². The first kappa shape index (κ1) is 13.4. The molecule has 1 aliphatic heterocycles. The quantitative estimate of drug-likeness (QED) is 0.787. The second-order valence-electron chi connectivity index (χ2n) is 6.86. The number of hydrogen-bond acceptors (Lipinski definition) is 3. The molecule has 3 N–H and O–H groups in total. The lowest BCUT2D eigenvalue weighted by Gasteiger charge is -2.28. The van der Waals surface area contributed by atoms with E-state index in [4.69, 9.17) is 5.73 Å². The number of nitrogens with two attached hydrogens (primary N) is 1. The molecule has 1 saturated heterocycles. The number of aliphatic hydroxyl groups excluding tert-OH is 1. The summed E-state index contributed by atoms with van der Waals surface area (Å²) in [6, 6.07) is 0.298. The molecule has 108 valence electrons. The maximum absolute atomic E-state index is 12.4. The van der Waals surface area contributed by atoms with Crippen molar-refractivity contribution < 1.29 is 9.90 Å². The molecule has 4 heteroatoms. The number of rotatable bonds is 2. The van der Waals surface area contributed by atoms with Crippen molar-refractivity contribution in [3.8, 4) is 0 Å². The average molecular weight is 266 g/mol. The van der Waals surface area contributed by atoms with Crippen LogP contribution in [0.5, 0.6) is 0 Å². The Morgan fingerprint density at radius 2 is 2.05 bits per heavy atom. The van der Waals surface area contributed by atoms with Crippen molar-refractivity contribution in [2.75, 3.05) is 13.1 Å². The zero-order valence-corrected chi connectivity index (χ0v) is 11.6. The Hall–Kier alpha value is -0.610. The summed E-state index contributed by atoms with van der Waals surface area (Å²) in [5, 5.41) is 9.90. The number of carbonyl (C=O) groups is 1. The fourth-order valence-electron chi connectivity index (χ4n) is 4.33. The van der Waals surface area contributed by atoms with Crippen LogP contribution in [0.3, 0.4) is 0 Å². The molecular formula is C15H26N2O2. The molecule has 3 aliphatic rings. The van der Waals surface area contributed by atoms with E-state index in [9.17, 15) is 9.90 Å². The molecule has 1 amide bonds. The van der Waals surface area contributed by atoms with E-state index in [1.54, 1.807) is 0 Å². The lowest BCUT2D eigenvalue weighted by atomic mass is 9.84. The summed E-state index contributed by atoms with van der Waals surface area (Å²) in [5.41, 5.74) is 5.99. The fourth-order valence-corrected chi connectivity index (χ4v) is 4.33. The van der Waals surface area contributed by atoms with Gasteiger partial charge in [-0.05, 0) is 43.9 Å². The Bertz CT molecular complexity index is 347. The van der Waals surface area contributed by atoms with Gasteiger partial charge in [-0.25, -0.2) is 0 Å². The van der Waals surface area contributed by atoms with Crippen LogP contribution >= 0.6 is 0 Å². The Labute approximate surface area is 115 Å². The normalized spacial score (nSPS) is 42.4. The predicted molar refractivity (Wildman–Crippen MR) is 73.4 cm³/mol. The molecule has 5 atom stereocenters. The third-order valence-electron chi connectivity index (χ3n) is 5.46. The maximum Gasteiger partial charge on any atom is 0.222 e. The first-order valence-corrected chi connectivity index (χ1v) is 7.85. The molecule has 0 bridgehead atoms. The van der Waals surface area contributed by atoms with Gasteiger partial charge in [-0.1, -0.05) is 6.42 Å². The van der Waals surface area contributed by atoms with Crippen LogP contribution in [-0.2, 0) is 4.79 Å². The molecule has 5 unspecified atom stereocenters. The fraction of sp³-hybridized carbons (Fsp3) is 0.933. The van der Waals surface area contributed by atoms with Gasteiger partial charge in [0, 0.05) is 31.5 Å². The summed E-state index contributed by atoms with van der Waals surface area (Å²) in [6.45, 7) is 1.66. The van der Waals surface area contributed by atoms with Gasteiger partial charge in [0.2, 0.25) is 5.91 Å². The highest BCUT2D eigenvalue weighted by atomic mass is 16.3. The largest absolute Gasteiger partial charge is 0.393 e. The zero-order valence-electron chi connectivity index (χ0n) is 11.6. The highest BCUT2D eigenvalue weighted by molar-refractivity contribution is 5.76. The van der Waals surface area contributed by atoms with Crippen LogP contribution in [0.15, 0.2) is 0 Å².